The van der Waals surface area contributed by atoms with Crippen LogP contribution in [-0.4, -0.2) is 17.5 Å². The third-order valence-corrected chi connectivity index (χ3v) is 4.35. The monoisotopic (exact) mass is 401 g/mol. The van der Waals surface area contributed by atoms with Crippen LogP contribution in [0.4, 0.5) is 0 Å². The van der Waals surface area contributed by atoms with Crippen molar-refractivity contribution in [1.82, 2.24) is 0 Å². The molecule has 0 aliphatic rings. The fourth-order valence-corrected chi connectivity index (χ4v) is 2.95. The highest BCUT2D eigenvalue weighted by Gasteiger charge is 2.19. The molecule has 0 aromatic heterocycles. The molecule has 2 rings (SSSR count). The van der Waals surface area contributed by atoms with Crippen molar-refractivity contribution in [3.63, 3.8) is 0 Å². The van der Waals surface area contributed by atoms with Crippen molar-refractivity contribution in [2.24, 2.45) is 5.16 Å². The van der Waals surface area contributed by atoms with Gasteiger partial charge in [0.05, 0.1) is 5.56 Å². The van der Waals surface area contributed by atoms with Crippen molar-refractivity contribution in [2.45, 2.75) is 34.1 Å². The van der Waals surface area contributed by atoms with Gasteiger partial charge in [-0.05, 0) is 62.6 Å². The van der Waals surface area contributed by atoms with Gasteiger partial charge in [0.15, 0.2) is 0 Å². The van der Waals surface area contributed by atoms with E-state index in [9.17, 15) is 9.59 Å². The largest absolute Gasteiger partial charge is 0.365 e. The highest BCUT2D eigenvalue weighted by Crippen LogP contribution is 2.18. The molecule has 0 atom stereocenters. The smallest absolute Gasteiger partial charge is 0.312 e. The molecule has 2 aromatic rings. The zero-order valence-corrected chi connectivity index (χ0v) is 16.3. The third-order valence-electron chi connectivity index (χ3n) is 3.82. The molecular weight excluding hydrogens is 382 g/mol. The van der Waals surface area contributed by atoms with Gasteiger partial charge >= 0.3 is 5.97 Å². The van der Waals surface area contributed by atoms with Crippen LogP contribution in [0.15, 0.2) is 46.0 Å². The predicted molar refractivity (Wildman–Crippen MR) is 102 cm³/mol. The summed E-state index contributed by atoms with van der Waals surface area (Å²) in [4.78, 5) is 29.8. The van der Waals surface area contributed by atoms with E-state index in [2.05, 4.69) is 21.1 Å². The first kappa shape index (κ1) is 19.1. The van der Waals surface area contributed by atoms with Crippen LogP contribution in [0.5, 0.6) is 0 Å². The van der Waals surface area contributed by atoms with Gasteiger partial charge in [0.1, 0.15) is 5.71 Å². The first-order valence-corrected chi connectivity index (χ1v) is 8.79. The van der Waals surface area contributed by atoms with Crippen molar-refractivity contribution in [1.29, 1.82) is 0 Å². The van der Waals surface area contributed by atoms with Gasteiger partial charge in [-0.1, -0.05) is 45.7 Å². The number of ketones is 1. The van der Waals surface area contributed by atoms with Crippen LogP contribution in [0.1, 0.15) is 50.8 Å². The van der Waals surface area contributed by atoms with Crippen LogP contribution >= 0.6 is 15.9 Å². The number of aryl methyl sites for hydroxylation is 3. The maximum absolute atomic E-state index is 12.8. The summed E-state index contributed by atoms with van der Waals surface area (Å²) in [6, 6.07) is 10.7. The number of halogens is 1. The fraction of sp³-hybridized carbons (Fsp3) is 0.250. The maximum atomic E-state index is 12.8. The molecule has 0 bridgehead atoms. The average Bonchev–Trinajstić information content (AvgIpc) is 2.54. The second-order valence-corrected chi connectivity index (χ2v) is 6.80. The van der Waals surface area contributed by atoms with E-state index in [1.165, 1.54) is 0 Å². The van der Waals surface area contributed by atoms with Crippen molar-refractivity contribution < 1.29 is 14.4 Å². The summed E-state index contributed by atoms with van der Waals surface area (Å²) in [5.74, 6) is -0.801. The lowest BCUT2D eigenvalue weighted by atomic mass is 9.94. The van der Waals surface area contributed by atoms with Crippen LogP contribution in [0.2, 0.25) is 0 Å². The minimum atomic E-state index is -0.594. The summed E-state index contributed by atoms with van der Waals surface area (Å²) in [5, 5.41) is 3.83. The predicted octanol–water partition coefficient (Wildman–Crippen LogP) is 5.18. The van der Waals surface area contributed by atoms with Gasteiger partial charge in [-0.3, -0.25) is 4.79 Å². The van der Waals surface area contributed by atoms with E-state index in [1.54, 1.807) is 24.3 Å². The number of Topliss-reactive ketones (excluding diaryl/α,β-unsaturated/α-hetero) is 1. The van der Waals surface area contributed by atoms with Gasteiger partial charge < -0.3 is 4.84 Å². The number of nitrogens with zero attached hydrogens (tertiary/aromatic N) is 1. The number of hydrogen-bond acceptors (Lipinski definition) is 4. The first-order chi connectivity index (χ1) is 11.8. The van der Waals surface area contributed by atoms with E-state index in [0.29, 0.717) is 17.5 Å². The molecule has 0 aliphatic carbocycles. The number of oxime groups is 1. The molecule has 0 saturated carbocycles. The lowest BCUT2D eigenvalue weighted by Gasteiger charge is -2.11. The highest BCUT2D eigenvalue weighted by atomic mass is 79.9. The summed E-state index contributed by atoms with van der Waals surface area (Å²) in [7, 11) is 0. The number of benzene rings is 2. The standard InChI is InChI=1S/C20H20BrNO3/c1-5-17(19(23)18-13(3)10-12(2)11-14(18)4)22-25-20(24)15-6-8-16(21)9-7-15/h6-11H,5H2,1-4H3/b22-17+. The number of carbonyl (C=O) groups is 2. The molecule has 0 spiro atoms. The summed E-state index contributed by atoms with van der Waals surface area (Å²) in [5.41, 5.74) is 4.10. The summed E-state index contributed by atoms with van der Waals surface area (Å²) >= 11 is 3.31. The molecule has 0 radical (unpaired) electrons. The summed E-state index contributed by atoms with van der Waals surface area (Å²) in [6.45, 7) is 7.59. The van der Waals surface area contributed by atoms with E-state index < -0.39 is 5.97 Å². The Bertz CT molecular complexity index is 816. The Hall–Kier alpha value is -2.27. The molecule has 0 saturated heterocycles. The molecule has 0 amide bonds. The Morgan fingerprint density at radius 2 is 1.60 bits per heavy atom. The minimum Gasteiger partial charge on any atom is -0.312 e. The zero-order chi connectivity index (χ0) is 18.6. The van der Waals surface area contributed by atoms with Crippen molar-refractivity contribution >= 4 is 33.4 Å². The van der Waals surface area contributed by atoms with Gasteiger partial charge in [0.25, 0.3) is 0 Å². The quantitative estimate of drug-likeness (QED) is 0.300. The fourth-order valence-electron chi connectivity index (χ4n) is 2.68. The van der Waals surface area contributed by atoms with Gasteiger partial charge in [-0.2, -0.15) is 0 Å². The van der Waals surface area contributed by atoms with Crippen LogP contribution < -0.4 is 0 Å². The Balaban J connectivity index is 2.24. The molecule has 2 aromatic carbocycles. The van der Waals surface area contributed by atoms with Crippen molar-refractivity contribution in [2.75, 3.05) is 0 Å². The van der Waals surface area contributed by atoms with Gasteiger partial charge in [0.2, 0.25) is 5.78 Å². The molecule has 25 heavy (non-hydrogen) atoms. The van der Waals surface area contributed by atoms with Crippen molar-refractivity contribution in [3.05, 3.63) is 68.7 Å². The van der Waals surface area contributed by atoms with E-state index in [-0.39, 0.29) is 11.5 Å². The van der Waals surface area contributed by atoms with Crippen LogP contribution in [-0.2, 0) is 4.84 Å². The second-order valence-electron chi connectivity index (χ2n) is 5.88. The lowest BCUT2D eigenvalue weighted by Crippen LogP contribution is -2.18. The van der Waals surface area contributed by atoms with Crippen LogP contribution in [0, 0.1) is 20.8 Å². The molecule has 4 nitrogen and oxygen atoms in total. The molecule has 130 valence electrons. The van der Waals surface area contributed by atoms with E-state index in [0.717, 1.165) is 21.2 Å². The van der Waals surface area contributed by atoms with E-state index in [1.807, 2.05) is 39.8 Å². The maximum Gasteiger partial charge on any atom is 0.365 e. The van der Waals surface area contributed by atoms with E-state index >= 15 is 0 Å². The number of rotatable bonds is 5. The third kappa shape index (κ3) is 4.63. The molecule has 5 heteroatoms. The molecular formula is C20H20BrNO3. The highest BCUT2D eigenvalue weighted by molar-refractivity contribution is 9.10. The first-order valence-electron chi connectivity index (χ1n) is 7.99. The average molecular weight is 402 g/mol. The van der Waals surface area contributed by atoms with Crippen molar-refractivity contribution in [3.8, 4) is 0 Å². The second kappa shape index (κ2) is 8.21. The molecule has 0 fully saturated rings. The Morgan fingerprint density at radius 1 is 1.04 bits per heavy atom. The zero-order valence-electron chi connectivity index (χ0n) is 14.7. The van der Waals surface area contributed by atoms with Gasteiger partial charge in [-0.25, -0.2) is 4.79 Å². The lowest BCUT2D eigenvalue weighted by molar-refractivity contribution is 0.0515. The Morgan fingerprint density at radius 3 is 2.12 bits per heavy atom. The molecule has 0 N–H and O–H groups in total. The van der Waals surface area contributed by atoms with Crippen LogP contribution in [0.25, 0.3) is 0 Å². The number of hydrogen-bond donors (Lipinski definition) is 0. The topological polar surface area (TPSA) is 55.7 Å². The summed E-state index contributed by atoms with van der Waals surface area (Å²) in [6.07, 6.45) is 0.374. The molecule has 0 aliphatic heterocycles. The van der Waals surface area contributed by atoms with Gasteiger partial charge in [-0.15, -0.1) is 0 Å². The normalized spacial score (nSPS) is 11.3. The van der Waals surface area contributed by atoms with Crippen LogP contribution in [0.3, 0.4) is 0 Å². The molecule has 0 unspecified atom stereocenters. The van der Waals surface area contributed by atoms with Gasteiger partial charge in [0, 0.05) is 10.0 Å². The molecule has 0 heterocycles. The Labute approximate surface area is 156 Å². The van der Waals surface area contributed by atoms with E-state index in [4.69, 9.17) is 4.84 Å². The number of carbonyl (C=O) groups excluding carboxylic acids is 2. The minimum absolute atomic E-state index is 0.207. The Kier molecular flexibility index (Phi) is 6.26. The SMILES string of the molecule is CC/C(=N\OC(=O)c1ccc(Br)cc1)C(=O)c1c(C)cc(C)cc1C. The summed E-state index contributed by atoms with van der Waals surface area (Å²) < 4.78 is 0.863.